The van der Waals surface area contributed by atoms with Crippen molar-refractivity contribution in [2.24, 2.45) is 0 Å². The molecular weight excluding hydrogens is 578 g/mol. The summed E-state index contributed by atoms with van der Waals surface area (Å²) >= 11 is 2.14. The quantitative estimate of drug-likeness (QED) is 0.232. The third kappa shape index (κ3) is 5.40. The Morgan fingerprint density at radius 2 is 1.81 bits per heavy atom. The molecule has 184 valence electrons. The average molecular weight is 600 g/mol. The van der Waals surface area contributed by atoms with Gasteiger partial charge in [-0.05, 0) is 95.2 Å². The van der Waals surface area contributed by atoms with Gasteiger partial charge in [0, 0.05) is 15.6 Å². The molecule has 0 unspecified atom stereocenters. The predicted octanol–water partition coefficient (Wildman–Crippen LogP) is 5.09. The first-order chi connectivity index (χ1) is 17.3. The summed E-state index contributed by atoms with van der Waals surface area (Å²) in [5.41, 5.74) is 2.27. The fourth-order valence-electron chi connectivity index (χ4n) is 3.84. The molecule has 1 aliphatic rings. The summed E-state index contributed by atoms with van der Waals surface area (Å²) in [6, 6.07) is 15.4. The number of urea groups is 1. The van der Waals surface area contributed by atoms with Gasteiger partial charge in [0.2, 0.25) is 0 Å². The highest BCUT2D eigenvalue weighted by atomic mass is 127. The van der Waals surface area contributed by atoms with Crippen LogP contribution in [0.4, 0.5) is 14.9 Å². The number of hydrogen-bond donors (Lipinski definition) is 1. The number of rotatable bonds is 7. The van der Waals surface area contributed by atoms with Crippen molar-refractivity contribution in [3.8, 4) is 11.5 Å². The Labute approximate surface area is 221 Å². The molecular formula is C27H22FIN2O5. The predicted molar refractivity (Wildman–Crippen MR) is 142 cm³/mol. The van der Waals surface area contributed by atoms with Crippen molar-refractivity contribution in [3.63, 3.8) is 0 Å². The Morgan fingerprint density at radius 3 is 2.47 bits per heavy atom. The van der Waals surface area contributed by atoms with E-state index in [4.69, 9.17) is 9.47 Å². The van der Waals surface area contributed by atoms with Crippen LogP contribution in [-0.2, 0) is 16.0 Å². The van der Waals surface area contributed by atoms with Gasteiger partial charge in [0.25, 0.3) is 11.8 Å². The van der Waals surface area contributed by atoms with Crippen molar-refractivity contribution in [2.75, 3.05) is 18.6 Å². The number of nitrogens with one attached hydrogen (secondary N) is 1. The molecule has 0 atom stereocenters. The van der Waals surface area contributed by atoms with Crippen LogP contribution in [0.5, 0.6) is 11.5 Å². The summed E-state index contributed by atoms with van der Waals surface area (Å²) in [7, 11) is 1.52. The second-order valence-corrected chi connectivity index (χ2v) is 9.04. The molecule has 0 radical (unpaired) electrons. The third-order valence-electron chi connectivity index (χ3n) is 5.49. The van der Waals surface area contributed by atoms with Crippen molar-refractivity contribution in [2.45, 2.75) is 13.3 Å². The molecule has 0 spiro atoms. The minimum atomic E-state index is -0.830. The number of anilines is 1. The van der Waals surface area contributed by atoms with Gasteiger partial charge in [-0.15, -0.1) is 0 Å². The van der Waals surface area contributed by atoms with Crippen LogP contribution >= 0.6 is 22.6 Å². The summed E-state index contributed by atoms with van der Waals surface area (Å²) in [5.74, 6) is -0.730. The maximum atomic E-state index is 13.6. The Hall–Kier alpha value is -3.73. The third-order valence-corrected chi connectivity index (χ3v) is 6.45. The smallest absolute Gasteiger partial charge is 0.335 e. The highest BCUT2D eigenvalue weighted by Gasteiger charge is 2.36. The molecule has 1 fully saturated rings. The van der Waals surface area contributed by atoms with Gasteiger partial charge in [-0.1, -0.05) is 12.1 Å². The SMILES string of the molecule is CCOc1ccc(N2C(=O)NC(=O)/C(=C\c3cc(I)c(Cc4cccc(F)c4)c(OC)c3)C2=O)cc1. The number of carbonyl (C=O) groups excluding carboxylic acids is 3. The summed E-state index contributed by atoms with van der Waals surface area (Å²) in [5, 5.41) is 2.22. The second-order valence-electron chi connectivity index (χ2n) is 7.88. The van der Waals surface area contributed by atoms with Crippen LogP contribution in [0.15, 0.2) is 66.2 Å². The number of amides is 4. The zero-order valence-electron chi connectivity index (χ0n) is 19.5. The normalized spacial score (nSPS) is 14.7. The lowest BCUT2D eigenvalue weighted by Gasteiger charge is -2.26. The van der Waals surface area contributed by atoms with E-state index in [1.54, 1.807) is 42.5 Å². The van der Waals surface area contributed by atoms with Gasteiger partial charge < -0.3 is 9.47 Å². The molecule has 1 saturated heterocycles. The van der Waals surface area contributed by atoms with Crippen LogP contribution in [0.2, 0.25) is 0 Å². The first-order valence-electron chi connectivity index (χ1n) is 11.1. The van der Waals surface area contributed by atoms with Crippen LogP contribution in [0.3, 0.4) is 0 Å². The summed E-state index contributed by atoms with van der Waals surface area (Å²) < 4.78 is 25.4. The molecule has 36 heavy (non-hydrogen) atoms. The van der Waals surface area contributed by atoms with E-state index in [9.17, 15) is 18.8 Å². The van der Waals surface area contributed by atoms with E-state index < -0.39 is 17.8 Å². The summed E-state index contributed by atoms with van der Waals surface area (Å²) in [4.78, 5) is 39.2. The lowest BCUT2D eigenvalue weighted by atomic mass is 10.0. The van der Waals surface area contributed by atoms with E-state index in [0.717, 1.165) is 19.6 Å². The minimum Gasteiger partial charge on any atom is -0.496 e. The number of imide groups is 2. The molecule has 4 amide bonds. The molecule has 1 heterocycles. The minimum absolute atomic E-state index is 0.195. The van der Waals surface area contributed by atoms with Gasteiger partial charge in [-0.3, -0.25) is 14.9 Å². The number of hydrogen-bond acceptors (Lipinski definition) is 5. The van der Waals surface area contributed by atoms with Crippen LogP contribution in [-0.4, -0.2) is 31.6 Å². The maximum Gasteiger partial charge on any atom is 0.335 e. The zero-order valence-corrected chi connectivity index (χ0v) is 21.7. The Bertz CT molecular complexity index is 1370. The molecule has 7 nitrogen and oxygen atoms in total. The molecule has 4 rings (SSSR count). The number of benzene rings is 3. The van der Waals surface area contributed by atoms with E-state index in [1.807, 2.05) is 13.0 Å². The summed E-state index contributed by atoms with van der Waals surface area (Å²) in [6.07, 6.45) is 1.86. The largest absolute Gasteiger partial charge is 0.496 e. The van der Waals surface area contributed by atoms with Gasteiger partial charge in [0.05, 0.1) is 19.4 Å². The van der Waals surface area contributed by atoms with E-state index in [2.05, 4.69) is 27.9 Å². The van der Waals surface area contributed by atoms with Crippen molar-refractivity contribution in [1.29, 1.82) is 0 Å². The van der Waals surface area contributed by atoms with Crippen LogP contribution in [0, 0.1) is 9.39 Å². The molecule has 9 heteroatoms. The lowest BCUT2D eigenvalue weighted by molar-refractivity contribution is -0.122. The monoisotopic (exact) mass is 600 g/mol. The van der Waals surface area contributed by atoms with Gasteiger partial charge >= 0.3 is 6.03 Å². The van der Waals surface area contributed by atoms with E-state index in [0.29, 0.717) is 35.8 Å². The highest BCUT2D eigenvalue weighted by Crippen LogP contribution is 2.31. The average Bonchev–Trinajstić information content (AvgIpc) is 2.84. The van der Waals surface area contributed by atoms with Crippen molar-refractivity contribution in [3.05, 3.63) is 92.3 Å². The number of ether oxygens (including phenoxy) is 2. The molecule has 0 saturated carbocycles. The van der Waals surface area contributed by atoms with Crippen molar-refractivity contribution in [1.82, 2.24) is 5.32 Å². The maximum absolute atomic E-state index is 13.6. The Kier molecular flexibility index (Phi) is 7.68. The van der Waals surface area contributed by atoms with E-state index in [-0.39, 0.29) is 11.4 Å². The van der Waals surface area contributed by atoms with Gasteiger partial charge in [0.1, 0.15) is 22.9 Å². The fourth-order valence-corrected chi connectivity index (χ4v) is 4.65. The summed E-state index contributed by atoms with van der Waals surface area (Å²) in [6.45, 7) is 2.33. The van der Waals surface area contributed by atoms with Gasteiger partial charge in [-0.2, -0.15) is 0 Å². The first-order valence-corrected chi connectivity index (χ1v) is 12.1. The lowest BCUT2D eigenvalue weighted by Crippen LogP contribution is -2.54. The van der Waals surface area contributed by atoms with E-state index in [1.165, 1.54) is 25.3 Å². The van der Waals surface area contributed by atoms with Crippen LogP contribution < -0.4 is 19.7 Å². The topological polar surface area (TPSA) is 84.9 Å². The van der Waals surface area contributed by atoms with Gasteiger partial charge in [0.15, 0.2) is 0 Å². The molecule has 3 aromatic rings. The fraction of sp³-hybridized carbons (Fsp3) is 0.148. The zero-order chi connectivity index (χ0) is 25.8. The number of barbiturate groups is 1. The van der Waals surface area contributed by atoms with Crippen LogP contribution in [0.1, 0.15) is 23.6 Å². The number of halogens is 2. The number of carbonyl (C=O) groups is 3. The van der Waals surface area contributed by atoms with Crippen molar-refractivity contribution < 1.29 is 28.2 Å². The molecule has 3 aromatic carbocycles. The molecule has 1 aliphatic heterocycles. The first kappa shape index (κ1) is 25.4. The highest BCUT2D eigenvalue weighted by molar-refractivity contribution is 14.1. The molecule has 0 aromatic heterocycles. The number of nitrogens with zero attached hydrogens (tertiary/aromatic N) is 1. The van der Waals surface area contributed by atoms with Crippen molar-refractivity contribution >= 4 is 52.2 Å². The van der Waals surface area contributed by atoms with Gasteiger partial charge in [-0.25, -0.2) is 14.1 Å². The molecule has 0 aliphatic carbocycles. The molecule has 1 N–H and O–H groups in total. The Morgan fingerprint density at radius 1 is 1.06 bits per heavy atom. The number of methoxy groups -OCH3 is 1. The standard InChI is InChI=1S/C27H22FIN2O5/c1-3-36-20-9-7-19(8-10-20)31-26(33)22(25(32)30-27(31)34)13-17-14-23(29)21(24(15-17)35-2)12-16-5-4-6-18(28)11-16/h4-11,13-15H,3,12H2,1-2H3,(H,30,32,34)/b22-13+. The van der Waals surface area contributed by atoms with Crippen LogP contribution in [0.25, 0.3) is 6.08 Å². The second kappa shape index (κ2) is 10.9. The Balaban J connectivity index is 1.67. The van der Waals surface area contributed by atoms with E-state index >= 15 is 0 Å². The molecule has 0 bridgehead atoms.